The smallest absolute Gasteiger partial charge is 0.0318 e. The van der Waals surface area contributed by atoms with E-state index in [1.54, 1.807) is 0 Å². The first-order valence-electron chi connectivity index (χ1n) is 7.64. The number of likely N-dealkylation sites (tertiary alicyclic amines) is 1. The second-order valence-electron chi connectivity index (χ2n) is 6.14. The summed E-state index contributed by atoms with van der Waals surface area (Å²) in [7, 11) is 2.09. The number of nitrogens with zero attached hydrogens (tertiary/aromatic N) is 1. The van der Waals surface area contributed by atoms with Crippen LogP contribution in [0.15, 0.2) is 24.3 Å². The summed E-state index contributed by atoms with van der Waals surface area (Å²) in [5.41, 5.74) is 3.04. The van der Waals surface area contributed by atoms with Crippen LogP contribution < -0.4 is 5.32 Å². The van der Waals surface area contributed by atoms with E-state index in [-0.39, 0.29) is 5.54 Å². The van der Waals surface area contributed by atoms with Crippen LogP contribution in [0.5, 0.6) is 0 Å². The molecule has 1 aliphatic heterocycles. The lowest BCUT2D eigenvalue weighted by Gasteiger charge is -2.34. The lowest BCUT2D eigenvalue weighted by molar-refractivity contribution is 0.229. The molecule has 0 aliphatic carbocycles. The van der Waals surface area contributed by atoms with Gasteiger partial charge in [-0.3, -0.25) is 0 Å². The molecule has 106 valence electrons. The van der Waals surface area contributed by atoms with Crippen molar-refractivity contribution in [1.29, 1.82) is 0 Å². The van der Waals surface area contributed by atoms with Crippen LogP contribution in [0, 0.1) is 0 Å². The van der Waals surface area contributed by atoms with Gasteiger partial charge in [0, 0.05) is 12.1 Å². The number of likely N-dealkylation sites (N-methyl/N-ethyl adjacent to an activating group) is 1. The fourth-order valence-corrected chi connectivity index (χ4v) is 3.00. The highest BCUT2D eigenvalue weighted by Crippen LogP contribution is 2.18. The normalized spacial score (nSPS) is 19.5. The number of aryl methyl sites for hydroxylation is 1. The summed E-state index contributed by atoms with van der Waals surface area (Å²) in [6, 6.07) is 9.11. The van der Waals surface area contributed by atoms with Gasteiger partial charge in [0.05, 0.1) is 0 Å². The molecule has 1 atom stereocenters. The Bertz CT molecular complexity index is 379. The van der Waals surface area contributed by atoms with Crippen LogP contribution in [0.4, 0.5) is 0 Å². The van der Waals surface area contributed by atoms with E-state index in [1.165, 1.54) is 37.1 Å². The maximum Gasteiger partial charge on any atom is 0.0318 e. The molecule has 1 aromatic carbocycles. The molecule has 0 amide bonds. The van der Waals surface area contributed by atoms with Crippen molar-refractivity contribution in [3.05, 3.63) is 35.4 Å². The molecular weight excluding hydrogens is 232 g/mol. The fraction of sp³-hybridized carbons (Fsp3) is 0.647. The molecule has 0 aromatic heterocycles. The highest BCUT2D eigenvalue weighted by Gasteiger charge is 2.26. The molecule has 1 aliphatic rings. The molecule has 2 rings (SSSR count). The predicted octanol–water partition coefficient (Wildman–Crippen LogP) is 2.87. The molecule has 1 heterocycles. The number of nitrogens with one attached hydrogen (secondary N) is 1. The van der Waals surface area contributed by atoms with Crippen LogP contribution in [-0.4, -0.2) is 37.1 Å². The van der Waals surface area contributed by atoms with Gasteiger partial charge < -0.3 is 10.2 Å². The van der Waals surface area contributed by atoms with Crippen molar-refractivity contribution in [2.45, 2.75) is 45.1 Å². The Kier molecular flexibility index (Phi) is 5.00. The SMILES string of the molecule is CCc1ccc(CC(C)(CN2CCCC2)NC)cc1. The quantitative estimate of drug-likeness (QED) is 0.846. The molecule has 2 nitrogen and oxygen atoms in total. The molecule has 0 saturated carbocycles. The van der Waals surface area contributed by atoms with Crippen molar-refractivity contribution >= 4 is 0 Å². The Hall–Kier alpha value is -0.860. The van der Waals surface area contributed by atoms with Gasteiger partial charge in [-0.2, -0.15) is 0 Å². The van der Waals surface area contributed by atoms with Gasteiger partial charge >= 0.3 is 0 Å². The van der Waals surface area contributed by atoms with Gasteiger partial charge in [-0.15, -0.1) is 0 Å². The Labute approximate surface area is 118 Å². The topological polar surface area (TPSA) is 15.3 Å². The maximum absolute atomic E-state index is 3.54. The summed E-state index contributed by atoms with van der Waals surface area (Å²) in [6.45, 7) is 8.25. The second-order valence-corrected chi connectivity index (χ2v) is 6.14. The Morgan fingerprint density at radius 1 is 1.11 bits per heavy atom. The lowest BCUT2D eigenvalue weighted by atomic mass is 9.91. The molecule has 1 fully saturated rings. The van der Waals surface area contributed by atoms with Crippen molar-refractivity contribution < 1.29 is 0 Å². The molecule has 1 N–H and O–H groups in total. The fourth-order valence-electron chi connectivity index (χ4n) is 3.00. The summed E-state index contributed by atoms with van der Waals surface area (Å²) in [5.74, 6) is 0. The largest absolute Gasteiger partial charge is 0.313 e. The van der Waals surface area contributed by atoms with Gasteiger partial charge in [0.15, 0.2) is 0 Å². The molecule has 0 radical (unpaired) electrons. The summed E-state index contributed by atoms with van der Waals surface area (Å²) < 4.78 is 0. The zero-order valence-corrected chi connectivity index (χ0v) is 12.7. The summed E-state index contributed by atoms with van der Waals surface area (Å²) in [5, 5.41) is 3.54. The van der Waals surface area contributed by atoms with Crippen molar-refractivity contribution in [3.63, 3.8) is 0 Å². The highest BCUT2D eigenvalue weighted by atomic mass is 15.2. The van der Waals surface area contributed by atoms with Crippen LogP contribution in [0.25, 0.3) is 0 Å². The van der Waals surface area contributed by atoms with Crippen LogP contribution in [0.3, 0.4) is 0 Å². The molecule has 0 spiro atoms. The second kappa shape index (κ2) is 6.53. The number of rotatable bonds is 6. The molecule has 1 aromatic rings. The molecule has 1 saturated heterocycles. The third-order valence-electron chi connectivity index (χ3n) is 4.40. The van der Waals surface area contributed by atoms with Gasteiger partial charge in [0.2, 0.25) is 0 Å². The molecule has 2 heteroatoms. The molecular formula is C17H28N2. The minimum atomic E-state index is 0.179. The van der Waals surface area contributed by atoms with E-state index in [0.717, 1.165) is 19.4 Å². The van der Waals surface area contributed by atoms with Crippen molar-refractivity contribution in [2.24, 2.45) is 0 Å². The lowest BCUT2D eigenvalue weighted by Crippen LogP contribution is -2.50. The van der Waals surface area contributed by atoms with Gasteiger partial charge in [0.1, 0.15) is 0 Å². The van der Waals surface area contributed by atoms with Crippen LogP contribution in [0.2, 0.25) is 0 Å². The minimum absolute atomic E-state index is 0.179. The number of benzene rings is 1. The van der Waals surface area contributed by atoms with Crippen molar-refractivity contribution in [2.75, 3.05) is 26.7 Å². The Morgan fingerprint density at radius 2 is 1.68 bits per heavy atom. The van der Waals surface area contributed by atoms with E-state index in [2.05, 4.69) is 55.4 Å². The Balaban J connectivity index is 1.99. The van der Waals surface area contributed by atoms with E-state index < -0.39 is 0 Å². The average molecular weight is 260 g/mol. The number of hydrogen-bond acceptors (Lipinski definition) is 2. The Morgan fingerprint density at radius 3 is 2.21 bits per heavy atom. The van der Waals surface area contributed by atoms with Gasteiger partial charge in [-0.05, 0) is 63.9 Å². The first-order chi connectivity index (χ1) is 9.15. The molecule has 1 unspecified atom stereocenters. The summed E-state index contributed by atoms with van der Waals surface area (Å²) >= 11 is 0. The van der Waals surface area contributed by atoms with Crippen LogP contribution in [-0.2, 0) is 12.8 Å². The van der Waals surface area contributed by atoms with Gasteiger partial charge in [-0.25, -0.2) is 0 Å². The first kappa shape index (κ1) is 14.5. The number of hydrogen-bond donors (Lipinski definition) is 1. The standard InChI is InChI=1S/C17H28N2/c1-4-15-7-9-16(10-8-15)13-17(2,18-3)14-19-11-5-6-12-19/h7-10,18H,4-6,11-14H2,1-3H3. The third kappa shape index (κ3) is 4.05. The van der Waals surface area contributed by atoms with Gasteiger partial charge in [-0.1, -0.05) is 31.2 Å². The monoisotopic (exact) mass is 260 g/mol. The minimum Gasteiger partial charge on any atom is -0.313 e. The predicted molar refractivity (Wildman–Crippen MR) is 82.7 cm³/mol. The third-order valence-corrected chi connectivity index (χ3v) is 4.40. The van der Waals surface area contributed by atoms with Gasteiger partial charge in [0.25, 0.3) is 0 Å². The van der Waals surface area contributed by atoms with E-state index in [9.17, 15) is 0 Å². The highest BCUT2D eigenvalue weighted by molar-refractivity contribution is 5.24. The first-order valence-corrected chi connectivity index (χ1v) is 7.64. The summed E-state index contributed by atoms with van der Waals surface area (Å²) in [6.07, 6.45) is 4.96. The average Bonchev–Trinajstić information content (AvgIpc) is 2.92. The van der Waals surface area contributed by atoms with Crippen molar-refractivity contribution in [3.8, 4) is 0 Å². The van der Waals surface area contributed by atoms with Crippen molar-refractivity contribution in [1.82, 2.24) is 10.2 Å². The van der Waals surface area contributed by atoms with E-state index in [1.807, 2.05) is 0 Å². The summed E-state index contributed by atoms with van der Waals surface area (Å²) in [4.78, 5) is 2.59. The maximum atomic E-state index is 3.54. The zero-order valence-electron chi connectivity index (χ0n) is 12.7. The zero-order chi connectivity index (χ0) is 13.7. The van der Waals surface area contributed by atoms with Crippen LogP contribution in [0.1, 0.15) is 37.8 Å². The van der Waals surface area contributed by atoms with E-state index >= 15 is 0 Å². The van der Waals surface area contributed by atoms with E-state index in [0.29, 0.717) is 0 Å². The molecule has 19 heavy (non-hydrogen) atoms. The van der Waals surface area contributed by atoms with E-state index in [4.69, 9.17) is 0 Å². The van der Waals surface area contributed by atoms with Crippen LogP contribution >= 0.6 is 0 Å². The molecule has 0 bridgehead atoms.